The van der Waals surface area contributed by atoms with E-state index in [1.54, 1.807) is 6.07 Å². The lowest BCUT2D eigenvalue weighted by atomic mass is 9.97. The molecule has 0 amide bonds. The third-order valence-electron chi connectivity index (χ3n) is 3.75. The smallest absolute Gasteiger partial charge is 0.126 e. The predicted octanol–water partition coefficient (Wildman–Crippen LogP) is 3.97. The van der Waals surface area contributed by atoms with Gasteiger partial charge in [0.25, 0.3) is 0 Å². The fraction of sp³-hybridized carbons (Fsp3) is 0.294. The normalized spacial score (nSPS) is 13.7. The fourth-order valence-electron chi connectivity index (χ4n) is 2.66. The SMILES string of the molecule is Fc1ccccc1CCc1ccc2c(c1)CCCN2. The van der Waals surface area contributed by atoms with E-state index in [0.717, 1.165) is 31.4 Å². The first kappa shape index (κ1) is 12.2. The highest BCUT2D eigenvalue weighted by molar-refractivity contribution is 5.54. The number of rotatable bonds is 3. The zero-order chi connectivity index (χ0) is 13.1. The number of anilines is 1. The quantitative estimate of drug-likeness (QED) is 0.875. The molecule has 0 saturated carbocycles. The van der Waals surface area contributed by atoms with E-state index in [-0.39, 0.29) is 5.82 Å². The molecule has 0 fully saturated rings. The Balaban J connectivity index is 1.72. The summed E-state index contributed by atoms with van der Waals surface area (Å²) in [5.41, 5.74) is 4.77. The Morgan fingerprint density at radius 2 is 1.95 bits per heavy atom. The average molecular weight is 255 g/mol. The van der Waals surface area contributed by atoms with Crippen LogP contribution in [0.3, 0.4) is 0 Å². The molecule has 19 heavy (non-hydrogen) atoms. The zero-order valence-corrected chi connectivity index (χ0v) is 11.0. The summed E-state index contributed by atoms with van der Waals surface area (Å²) in [4.78, 5) is 0. The van der Waals surface area contributed by atoms with Crippen LogP contribution in [0.1, 0.15) is 23.1 Å². The molecular formula is C17H18FN. The van der Waals surface area contributed by atoms with Gasteiger partial charge in [-0.3, -0.25) is 0 Å². The summed E-state index contributed by atoms with van der Waals surface area (Å²) in [7, 11) is 0. The van der Waals surface area contributed by atoms with Gasteiger partial charge in [-0.25, -0.2) is 4.39 Å². The van der Waals surface area contributed by atoms with Crippen molar-refractivity contribution < 1.29 is 4.39 Å². The molecule has 2 aromatic carbocycles. The van der Waals surface area contributed by atoms with Crippen molar-refractivity contribution in [3.8, 4) is 0 Å². The van der Waals surface area contributed by atoms with Crippen molar-refractivity contribution >= 4 is 5.69 Å². The number of fused-ring (bicyclic) bond motifs is 1. The molecule has 3 rings (SSSR count). The highest BCUT2D eigenvalue weighted by Crippen LogP contribution is 2.23. The molecule has 0 bridgehead atoms. The van der Waals surface area contributed by atoms with E-state index < -0.39 is 0 Å². The average Bonchev–Trinajstić information content (AvgIpc) is 2.46. The first-order valence-corrected chi connectivity index (χ1v) is 6.92. The molecule has 1 aliphatic rings. The molecular weight excluding hydrogens is 237 g/mol. The Morgan fingerprint density at radius 3 is 2.84 bits per heavy atom. The second-order valence-corrected chi connectivity index (χ2v) is 5.11. The summed E-state index contributed by atoms with van der Waals surface area (Å²) in [5.74, 6) is -0.0953. The third kappa shape index (κ3) is 2.78. The lowest BCUT2D eigenvalue weighted by Crippen LogP contribution is -2.11. The minimum Gasteiger partial charge on any atom is -0.385 e. The maximum absolute atomic E-state index is 13.6. The zero-order valence-electron chi connectivity index (χ0n) is 11.0. The van der Waals surface area contributed by atoms with Crippen molar-refractivity contribution in [3.63, 3.8) is 0 Å². The van der Waals surface area contributed by atoms with E-state index in [1.165, 1.54) is 29.3 Å². The second-order valence-electron chi connectivity index (χ2n) is 5.11. The Kier molecular flexibility index (Phi) is 3.49. The van der Waals surface area contributed by atoms with Crippen LogP contribution in [0.5, 0.6) is 0 Å². The molecule has 0 spiro atoms. The van der Waals surface area contributed by atoms with Crippen molar-refractivity contribution in [2.75, 3.05) is 11.9 Å². The van der Waals surface area contributed by atoms with Gasteiger partial charge < -0.3 is 5.32 Å². The van der Waals surface area contributed by atoms with Crippen molar-refractivity contribution in [3.05, 3.63) is 65.0 Å². The van der Waals surface area contributed by atoms with E-state index >= 15 is 0 Å². The van der Waals surface area contributed by atoms with Gasteiger partial charge in [-0.1, -0.05) is 30.3 Å². The first-order chi connectivity index (χ1) is 9.33. The summed E-state index contributed by atoms with van der Waals surface area (Å²) in [5, 5.41) is 3.41. The lowest BCUT2D eigenvalue weighted by molar-refractivity contribution is 0.608. The van der Waals surface area contributed by atoms with Crippen molar-refractivity contribution in [2.24, 2.45) is 0 Å². The van der Waals surface area contributed by atoms with Crippen LogP contribution in [0, 0.1) is 5.82 Å². The summed E-state index contributed by atoms with van der Waals surface area (Å²) >= 11 is 0. The van der Waals surface area contributed by atoms with Gasteiger partial charge in [-0.15, -0.1) is 0 Å². The summed E-state index contributed by atoms with van der Waals surface area (Å²) < 4.78 is 13.6. The van der Waals surface area contributed by atoms with Gasteiger partial charge in [0, 0.05) is 12.2 Å². The maximum atomic E-state index is 13.6. The van der Waals surface area contributed by atoms with Crippen LogP contribution in [-0.2, 0) is 19.3 Å². The van der Waals surface area contributed by atoms with E-state index in [4.69, 9.17) is 0 Å². The van der Waals surface area contributed by atoms with Crippen LogP contribution < -0.4 is 5.32 Å². The lowest BCUT2D eigenvalue weighted by Gasteiger charge is -2.18. The number of benzene rings is 2. The molecule has 2 aromatic rings. The second kappa shape index (κ2) is 5.43. The third-order valence-corrected chi connectivity index (χ3v) is 3.75. The molecule has 0 atom stereocenters. The van der Waals surface area contributed by atoms with Crippen LogP contribution >= 0.6 is 0 Å². The molecule has 1 heterocycles. The van der Waals surface area contributed by atoms with E-state index in [2.05, 4.69) is 23.5 Å². The van der Waals surface area contributed by atoms with Crippen molar-refractivity contribution in [1.29, 1.82) is 0 Å². The van der Waals surface area contributed by atoms with Crippen molar-refractivity contribution in [2.45, 2.75) is 25.7 Å². The van der Waals surface area contributed by atoms with E-state index in [1.807, 2.05) is 12.1 Å². The molecule has 0 unspecified atom stereocenters. The summed E-state index contributed by atoms with van der Waals surface area (Å²) in [6, 6.07) is 13.6. The standard InChI is InChI=1S/C17H18FN/c18-16-6-2-1-4-14(16)9-7-13-8-10-17-15(12-13)5-3-11-19-17/h1-2,4,6,8,10,12,19H,3,5,7,9,11H2. The van der Waals surface area contributed by atoms with Crippen LogP contribution in [0.2, 0.25) is 0 Å². The summed E-state index contributed by atoms with van der Waals surface area (Å²) in [6.07, 6.45) is 4.01. The molecule has 0 saturated heterocycles. The molecule has 0 radical (unpaired) electrons. The van der Waals surface area contributed by atoms with Crippen LogP contribution in [0.4, 0.5) is 10.1 Å². The van der Waals surface area contributed by atoms with Gasteiger partial charge in [0.15, 0.2) is 0 Å². The minimum atomic E-state index is -0.0953. The number of nitrogens with one attached hydrogen (secondary N) is 1. The topological polar surface area (TPSA) is 12.0 Å². The predicted molar refractivity (Wildman–Crippen MR) is 77.1 cm³/mol. The van der Waals surface area contributed by atoms with Gasteiger partial charge in [-0.2, -0.15) is 0 Å². The fourth-order valence-corrected chi connectivity index (χ4v) is 2.66. The van der Waals surface area contributed by atoms with Gasteiger partial charge >= 0.3 is 0 Å². The number of hydrogen-bond acceptors (Lipinski definition) is 1. The summed E-state index contributed by atoms with van der Waals surface area (Å²) in [6.45, 7) is 1.07. The maximum Gasteiger partial charge on any atom is 0.126 e. The van der Waals surface area contributed by atoms with E-state index in [0.29, 0.717) is 0 Å². The highest BCUT2D eigenvalue weighted by atomic mass is 19.1. The monoisotopic (exact) mass is 255 g/mol. The van der Waals surface area contributed by atoms with Gasteiger partial charge in [0.1, 0.15) is 5.82 Å². The minimum absolute atomic E-state index is 0.0953. The van der Waals surface area contributed by atoms with Gasteiger partial charge in [-0.05, 0) is 54.5 Å². The molecule has 0 aliphatic carbocycles. The Bertz CT molecular complexity index is 577. The molecule has 1 N–H and O–H groups in total. The van der Waals surface area contributed by atoms with Crippen LogP contribution in [0.25, 0.3) is 0 Å². The molecule has 98 valence electrons. The van der Waals surface area contributed by atoms with Crippen LogP contribution in [-0.4, -0.2) is 6.54 Å². The Hall–Kier alpha value is -1.83. The van der Waals surface area contributed by atoms with Gasteiger partial charge in [0.05, 0.1) is 0 Å². The number of aryl methyl sites for hydroxylation is 3. The number of halogens is 1. The molecule has 2 heteroatoms. The van der Waals surface area contributed by atoms with Gasteiger partial charge in [0.2, 0.25) is 0 Å². The first-order valence-electron chi connectivity index (χ1n) is 6.92. The Morgan fingerprint density at radius 1 is 1.05 bits per heavy atom. The highest BCUT2D eigenvalue weighted by Gasteiger charge is 2.09. The molecule has 0 aromatic heterocycles. The van der Waals surface area contributed by atoms with E-state index in [9.17, 15) is 4.39 Å². The van der Waals surface area contributed by atoms with Crippen molar-refractivity contribution in [1.82, 2.24) is 0 Å². The molecule has 1 aliphatic heterocycles. The van der Waals surface area contributed by atoms with Crippen LogP contribution in [0.15, 0.2) is 42.5 Å². The molecule has 1 nitrogen and oxygen atoms in total. The largest absolute Gasteiger partial charge is 0.385 e. The number of hydrogen-bond donors (Lipinski definition) is 1. The Labute approximate surface area is 113 Å².